The number of rotatable bonds is 5. The number of benzene rings is 2. The highest BCUT2D eigenvalue weighted by Gasteiger charge is 2.23. The average Bonchev–Trinajstić information content (AvgIpc) is 3.02. The number of thioether (sulfide) groups is 1. The van der Waals surface area contributed by atoms with Gasteiger partial charge in [0.2, 0.25) is 5.89 Å². The second-order valence-electron chi connectivity index (χ2n) is 5.94. The summed E-state index contributed by atoms with van der Waals surface area (Å²) < 4.78 is 32.4. The maximum Gasteiger partial charge on any atom is 0.277 e. The number of hydrogen-bond acceptors (Lipinski definition) is 5. The van der Waals surface area contributed by atoms with E-state index >= 15 is 0 Å². The molecule has 0 spiro atoms. The predicted octanol–water partition coefficient (Wildman–Crippen LogP) is 5.00. The lowest BCUT2D eigenvalue weighted by Crippen LogP contribution is -2.15. The van der Waals surface area contributed by atoms with Gasteiger partial charge in [-0.05, 0) is 44.5 Å². The number of ketones is 1. The molecule has 4 nitrogen and oxygen atoms in total. The van der Waals surface area contributed by atoms with E-state index in [0.717, 1.165) is 40.6 Å². The lowest BCUT2D eigenvalue weighted by Gasteiger charge is -2.08. The molecule has 2 aromatic carbocycles. The highest BCUT2D eigenvalue weighted by atomic mass is 32.2. The van der Waals surface area contributed by atoms with Crippen molar-refractivity contribution in [2.24, 2.45) is 0 Å². The Hall–Kier alpha value is -2.54. The molecular weight excluding hydrogens is 358 g/mol. The fourth-order valence-electron chi connectivity index (χ4n) is 2.53. The molecule has 1 unspecified atom stereocenters. The van der Waals surface area contributed by atoms with Crippen LogP contribution < -0.4 is 0 Å². The second kappa shape index (κ2) is 7.37. The Labute approximate surface area is 153 Å². The third-order valence-electron chi connectivity index (χ3n) is 3.86. The van der Waals surface area contributed by atoms with Gasteiger partial charge < -0.3 is 4.42 Å². The molecule has 7 heteroatoms. The highest BCUT2D eigenvalue weighted by molar-refractivity contribution is 8.00. The Morgan fingerprint density at radius 3 is 2.58 bits per heavy atom. The molecule has 134 valence electrons. The highest BCUT2D eigenvalue weighted by Crippen LogP contribution is 2.29. The van der Waals surface area contributed by atoms with E-state index in [1.807, 2.05) is 32.0 Å². The lowest BCUT2D eigenvalue weighted by atomic mass is 10.1. The number of Topliss-reactive ketones (excluding diaryl/α,β-unsaturated/α-hetero) is 1. The minimum atomic E-state index is -0.885. The van der Waals surface area contributed by atoms with Crippen molar-refractivity contribution in [3.63, 3.8) is 0 Å². The Morgan fingerprint density at radius 1 is 1.12 bits per heavy atom. The summed E-state index contributed by atoms with van der Waals surface area (Å²) in [4.78, 5) is 12.4. The van der Waals surface area contributed by atoms with Gasteiger partial charge in [-0.2, -0.15) is 0 Å². The number of aromatic nitrogens is 2. The molecule has 1 heterocycles. The van der Waals surface area contributed by atoms with Gasteiger partial charge >= 0.3 is 0 Å². The fourth-order valence-corrected chi connectivity index (χ4v) is 3.28. The molecule has 0 fully saturated rings. The first kappa shape index (κ1) is 18.3. The largest absolute Gasteiger partial charge is 0.411 e. The third kappa shape index (κ3) is 3.83. The molecule has 0 saturated heterocycles. The molecule has 0 saturated carbocycles. The second-order valence-corrected chi connectivity index (χ2v) is 7.23. The van der Waals surface area contributed by atoms with Gasteiger partial charge in [0.15, 0.2) is 5.78 Å². The van der Waals surface area contributed by atoms with Crippen LogP contribution >= 0.6 is 11.8 Å². The van der Waals surface area contributed by atoms with Gasteiger partial charge in [0.05, 0.1) is 10.8 Å². The number of halogens is 2. The molecule has 0 amide bonds. The van der Waals surface area contributed by atoms with E-state index in [1.54, 1.807) is 6.92 Å². The van der Waals surface area contributed by atoms with Gasteiger partial charge in [-0.25, -0.2) is 8.78 Å². The van der Waals surface area contributed by atoms with Crippen LogP contribution in [0, 0.1) is 25.5 Å². The van der Waals surface area contributed by atoms with Crippen LogP contribution in [0.3, 0.4) is 0 Å². The summed E-state index contributed by atoms with van der Waals surface area (Å²) in [5.74, 6) is -1.73. The number of hydrogen-bond donors (Lipinski definition) is 0. The molecule has 0 radical (unpaired) electrons. The molecule has 0 bridgehead atoms. The van der Waals surface area contributed by atoms with E-state index in [2.05, 4.69) is 10.2 Å². The summed E-state index contributed by atoms with van der Waals surface area (Å²) in [6.45, 7) is 5.55. The van der Waals surface area contributed by atoms with Crippen molar-refractivity contribution in [1.29, 1.82) is 0 Å². The number of aryl methyl sites for hydroxylation is 2. The smallest absolute Gasteiger partial charge is 0.277 e. The van der Waals surface area contributed by atoms with Crippen LogP contribution in [0.15, 0.2) is 46.0 Å². The van der Waals surface area contributed by atoms with E-state index in [0.29, 0.717) is 12.0 Å². The van der Waals surface area contributed by atoms with Crippen LogP contribution in [0.4, 0.5) is 8.78 Å². The first-order valence-corrected chi connectivity index (χ1v) is 8.80. The van der Waals surface area contributed by atoms with E-state index in [4.69, 9.17) is 4.42 Å². The Balaban J connectivity index is 1.77. The SMILES string of the molecule is Cc1ccc(-c2nnc(SC(C)C(=O)c3ccc(F)cc3F)o2)c(C)c1. The number of nitrogens with zero attached hydrogens (tertiary/aromatic N) is 2. The molecule has 3 aromatic rings. The quantitative estimate of drug-likeness (QED) is 0.465. The van der Waals surface area contributed by atoms with E-state index in [-0.39, 0.29) is 10.8 Å². The third-order valence-corrected chi connectivity index (χ3v) is 4.80. The van der Waals surface area contributed by atoms with Gasteiger partial charge in [-0.1, -0.05) is 29.5 Å². The van der Waals surface area contributed by atoms with Crippen molar-refractivity contribution in [2.45, 2.75) is 31.2 Å². The van der Waals surface area contributed by atoms with Crippen molar-refractivity contribution in [1.82, 2.24) is 10.2 Å². The average molecular weight is 374 g/mol. The summed E-state index contributed by atoms with van der Waals surface area (Å²) in [5.41, 5.74) is 2.78. The summed E-state index contributed by atoms with van der Waals surface area (Å²) in [7, 11) is 0. The maximum absolute atomic E-state index is 13.8. The molecule has 26 heavy (non-hydrogen) atoms. The predicted molar refractivity (Wildman–Crippen MR) is 95.2 cm³/mol. The zero-order valence-corrected chi connectivity index (χ0v) is 15.2. The summed E-state index contributed by atoms with van der Waals surface area (Å²) in [5, 5.41) is 7.51. The lowest BCUT2D eigenvalue weighted by molar-refractivity contribution is 0.0989. The van der Waals surface area contributed by atoms with Crippen LogP contribution in [0.25, 0.3) is 11.5 Å². The van der Waals surface area contributed by atoms with Crippen molar-refractivity contribution in [3.8, 4) is 11.5 Å². The minimum Gasteiger partial charge on any atom is -0.411 e. The molecule has 1 aromatic heterocycles. The van der Waals surface area contributed by atoms with E-state index in [1.165, 1.54) is 0 Å². The minimum absolute atomic E-state index is 0.166. The molecular formula is C19H16F2N2O2S. The number of carbonyl (C=O) groups excluding carboxylic acids is 1. The monoisotopic (exact) mass is 374 g/mol. The van der Waals surface area contributed by atoms with Gasteiger partial charge in [-0.15, -0.1) is 10.2 Å². The standard InChI is InChI=1S/C19H16F2N2O2S/c1-10-4-6-14(11(2)8-10)18-22-23-19(25-18)26-12(3)17(24)15-7-5-13(20)9-16(15)21/h4-9,12H,1-3H3. The fraction of sp³-hybridized carbons (Fsp3) is 0.211. The maximum atomic E-state index is 13.8. The van der Waals surface area contributed by atoms with Gasteiger partial charge in [0.1, 0.15) is 11.6 Å². The van der Waals surface area contributed by atoms with Crippen molar-refractivity contribution >= 4 is 17.5 Å². The Bertz CT molecular complexity index is 972. The van der Waals surface area contributed by atoms with Crippen LogP contribution in [0.5, 0.6) is 0 Å². The van der Waals surface area contributed by atoms with Crippen LogP contribution in [-0.2, 0) is 0 Å². The Morgan fingerprint density at radius 2 is 1.88 bits per heavy atom. The molecule has 0 aliphatic carbocycles. The molecule has 0 aliphatic heterocycles. The van der Waals surface area contributed by atoms with Crippen molar-refractivity contribution < 1.29 is 18.0 Å². The molecule has 3 rings (SSSR count). The Kier molecular flexibility index (Phi) is 5.18. The summed E-state index contributed by atoms with van der Waals surface area (Å²) >= 11 is 1.03. The van der Waals surface area contributed by atoms with E-state index < -0.39 is 22.7 Å². The summed E-state index contributed by atoms with van der Waals surface area (Å²) in [6.07, 6.45) is 0. The van der Waals surface area contributed by atoms with Crippen LogP contribution in [-0.4, -0.2) is 21.2 Å². The van der Waals surface area contributed by atoms with Gasteiger partial charge in [-0.3, -0.25) is 4.79 Å². The first-order valence-electron chi connectivity index (χ1n) is 7.92. The van der Waals surface area contributed by atoms with Gasteiger partial charge in [0, 0.05) is 11.6 Å². The van der Waals surface area contributed by atoms with Crippen molar-refractivity contribution in [2.75, 3.05) is 0 Å². The van der Waals surface area contributed by atoms with Crippen LogP contribution in [0.1, 0.15) is 28.4 Å². The van der Waals surface area contributed by atoms with E-state index in [9.17, 15) is 13.6 Å². The number of carbonyl (C=O) groups is 1. The summed E-state index contributed by atoms with van der Waals surface area (Å²) in [6, 6.07) is 8.74. The molecule has 1 atom stereocenters. The van der Waals surface area contributed by atoms with Gasteiger partial charge in [0.25, 0.3) is 5.22 Å². The topological polar surface area (TPSA) is 56.0 Å². The first-order chi connectivity index (χ1) is 12.3. The molecule has 0 aliphatic rings. The van der Waals surface area contributed by atoms with Crippen LogP contribution in [0.2, 0.25) is 0 Å². The zero-order valence-electron chi connectivity index (χ0n) is 14.4. The zero-order chi connectivity index (χ0) is 18.8. The van der Waals surface area contributed by atoms with Crippen molar-refractivity contribution in [3.05, 3.63) is 64.7 Å². The molecule has 0 N–H and O–H groups in total. The normalized spacial score (nSPS) is 12.2.